The average Bonchev–Trinajstić information content (AvgIpc) is 3.46. The van der Waals surface area contributed by atoms with Crippen LogP contribution in [0.25, 0.3) is 0 Å². The zero-order valence-electron chi connectivity index (χ0n) is 18.0. The number of nitro groups is 1. The van der Waals surface area contributed by atoms with Crippen LogP contribution in [0.1, 0.15) is 28.8 Å². The van der Waals surface area contributed by atoms with Crippen molar-refractivity contribution in [2.75, 3.05) is 11.6 Å². The Kier molecular flexibility index (Phi) is 5.94. The van der Waals surface area contributed by atoms with Crippen LogP contribution in [0.2, 0.25) is 0 Å². The molecule has 0 saturated carbocycles. The summed E-state index contributed by atoms with van der Waals surface area (Å²) in [4.78, 5) is 24.9. The number of rotatable bonds is 6. The Morgan fingerprint density at radius 1 is 1.24 bits per heavy atom. The highest BCUT2D eigenvalue weighted by atomic mass is 32.1. The van der Waals surface area contributed by atoms with Gasteiger partial charge in [0.1, 0.15) is 6.07 Å². The lowest BCUT2D eigenvalue weighted by molar-refractivity contribution is -0.384. The van der Waals surface area contributed by atoms with Gasteiger partial charge < -0.3 is 4.74 Å². The molecule has 33 heavy (non-hydrogen) atoms. The lowest BCUT2D eigenvalue weighted by Gasteiger charge is -2.34. The van der Waals surface area contributed by atoms with E-state index in [1.807, 2.05) is 48.7 Å². The van der Waals surface area contributed by atoms with E-state index in [4.69, 9.17) is 9.84 Å². The lowest BCUT2D eigenvalue weighted by atomic mass is 9.77. The highest BCUT2D eigenvalue weighted by Gasteiger charge is 2.60. The van der Waals surface area contributed by atoms with Gasteiger partial charge in [-0.1, -0.05) is 35.9 Å². The maximum atomic E-state index is 13.5. The number of esters is 1. The molecule has 1 aliphatic rings. The van der Waals surface area contributed by atoms with Gasteiger partial charge in [-0.25, -0.2) is 9.80 Å². The molecule has 3 aromatic rings. The van der Waals surface area contributed by atoms with Crippen molar-refractivity contribution in [2.24, 2.45) is 5.10 Å². The first-order valence-corrected chi connectivity index (χ1v) is 11.1. The van der Waals surface area contributed by atoms with E-state index < -0.39 is 22.3 Å². The van der Waals surface area contributed by atoms with Gasteiger partial charge in [0, 0.05) is 12.1 Å². The fourth-order valence-electron chi connectivity index (χ4n) is 3.92. The van der Waals surface area contributed by atoms with Gasteiger partial charge in [-0.05, 0) is 43.0 Å². The average molecular weight is 461 g/mol. The summed E-state index contributed by atoms with van der Waals surface area (Å²) in [5.74, 6) is -1.47. The van der Waals surface area contributed by atoms with Crippen molar-refractivity contribution < 1.29 is 14.5 Å². The van der Waals surface area contributed by atoms with E-state index in [1.165, 1.54) is 40.6 Å². The molecule has 1 aromatic heterocycles. The van der Waals surface area contributed by atoms with Crippen molar-refractivity contribution in [1.82, 2.24) is 0 Å². The summed E-state index contributed by atoms with van der Waals surface area (Å²) < 4.78 is 5.39. The highest BCUT2D eigenvalue weighted by molar-refractivity contribution is 7.12. The molecule has 0 aliphatic carbocycles. The summed E-state index contributed by atoms with van der Waals surface area (Å²) in [6.45, 7) is 3.72. The molecule has 2 atom stereocenters. The van der Waals surface area contributed by atoms with Gasteiger partial charge in [-0.2, -0.15) is 10.4 Å². The molecule has 1 aliphatic heterocycles. The number of hydrogen-bond donors (Lipinski definition) is 0. The van der Waals surface area contributed by atoms with E-state index in [1.54, 1.807) is 6.92 Å². The van der Waals surface area contributed by atoms with Crippen LogP contribution in [0.5, 0.6) is 0 Å². The second-order valence-electron chi connectivity index (χ2n) is 7.49. The van der Waals surface area contributed by atoms with Crippen molar-refractivity contribution in [3.63, 3.8) is 0 Å². The number of aryl methyl sites for hydroxylation is 1. The smallest absolute Gasteiger partial charge is 0.350 e. The number of non-ortho nitro benzene ring substituents is 1. The molecular weight excluding hydrogens is 440 g/mol. The number of anilines is 1. The van der Waals surface area contributed by atoms with Crippen LogP contribution in [-0.2, 0) is 9.53 Å². The van der Waals surface area contributed by atoms with Gasteiger partial charge in [-0.15, -0.1) is 11.3 Å². The molecule has 0 N–H and O–H groups in total. The fourth-order valence-corrected chi connectivity index (χ4v) is 4.66. The Hall–Kier alpha value is -4.03. The molecule has 2 aromatic carbocycles. The van der Waals surface area contributed by atoms with Crippen LogP contribution in [0.3, 0.4) is 0 Å². The van der Waals surface area contributed by atoms with Crippen LogP contribution in [0.4, 0.5) is 11.4 Å². The van der Waals surface area contributed by atoms with Crippen molar-refractivity contribution in [1.29, 1.82) is 5.26 Å². The number of thiophene rings is 1. The molecule has 0 amide bonds. The third-order valence-electron chi connectivity index (χ3n) is 5.48. The maximum Gasteiger partial charge on any atom is 0.350 e. The standard InChI is InChI=1S/C24H20N4O4S/c1-3-32-23(29)24(15-25)21(17-8-6-16(2)7-9-17)22(20-5-4-14-33-20)26-27(24)18-10-12-19(13-11-18)28(30)31/h4-14,21H,3H2,1-2H3/t21-,24-/m1/s1. The molecule has 0 saturated heterocycles. The summed E-state index contributed by atoms with van der Waals surface area (Å²) in [5.41, 5.74) is 0.777. The third-order valence-corrected chi connectivity index (χ3v) is 6.37. The summed E-state index contributed by atoms with van der Waals surface area (Å²) in [5, 5.41) is 29.6. The normalized spacial score (nSPS) is 19.6. The fraction of sp³-hybridized carbons (Fsp3) is 0.208. The van der Waals surface area contributed by atoms with Crippen LogP contribution in [-0.4, -0.2) is 28.8 Å². The number of hydrogen-bond acceptors (Lipinski definition) is 8. The number of carbonyl (C=O) groups is 1. The maximum absolute atomic E-state index is 13.5. The van der Waals surface area contributed by atoms with Crippen molar-refractivity contribution in [3.8, 4) is 6.07 Å². The number of hydrazone groups is 1. The van der Waals surface area contributed by atoms with E-state index in [2.05, 4.69) is 6.07 Å². The zero-order chi connectivity index (χ0) is 23.6. The number of nitrogens with zero attached hydrogens (tertiary/aromatic N) is 4. The Bertz CT molecular complexity index is 1250. The van der Waals surface area contributed by atoms with Gasteiger partial charge in [0.15, 0.2) is 0 Å². The monoisotopic (exact) mass is 460 g/mol. The van der Waals surface area contributed by atoms with Crippen LogP contribution >= 0.6 is 11.3 Å². The predicted octanol–water partition coefficient (Wildman–Crippen LogP) is 4.80. The lowest BCUT2D eigenvalue weighted by Crippen LogP contribution is -2.54. The van der Waals surface area contributed by atoms with Crippen molar-refractivity contribution in [3.05, 3.63) is 92.2 Å². The van der Waals surface area contributed by atoms with Gasteiger partial charge >= 0.3 is 5.97 Å². The van der Waals surface area contributed by atoms with Crippen molar-refractivity contribution in [2.45, 2.75) is 25.3 Å². The highest BCUT2D eigenvalue weighted by Crippen LogP contribution is 2.46. The molecule has 0 unspecified atom stereocenters. The van der Waals surface area contributed by atoms with E-state index in [9.17, 15) is 20.2 Å². The summed E-state index contributed by atoms with van der Waals surface area (Å²) in [6, 6.07) is 19.2. The minimum absolute atomic E-state index is 0.0886. The first kappa shape index (κ1) is 22.2. The van der Waals surface area contributed by atoms with E-state index in [0.29, 0.717) is 11.4 Å². The second kappa shape index (κ2) is 8.84. The van der Waals surface area contributed by atoms with Crippen LogP contribution in [0.15, 0.2) is 71.1 Å². The summed E-state index contributed by atoms with van der Waals surface area (Å²) in [7, 11) is 0. The predicted molar refractivity (Wildman–Crippen MR) is 125 cm³/mol. The molecule has 0 bridgehead atoms. The van der Waals surface area contributed by atoms with Gasteiger partial charge in [-0.3, -0.25) is 10.1 Å². The van der Waals surface area contributed by atoms with Crippen LogP contribution in [0, 0.1) is 28.4 Å². The zero-order valence-corrected chi connectivity index (χ0v) is 18.8. The number of benzene rings is 2. The number of carbonyl (C=O) groups excluding carboxylic acids is 1. The molecule has 0 fully saturated rings. The first-order chi connectivity index (χ1) is 15.9. The Balaban J connectivity index is 1.96. The van der Waals surface area contributed by atoms with E-state index in [0.717, 1.165) is 16.0 Å². The quantitative estimate of drug-likeness (QED) is 0.297. The largest absolute Gasteiger partial charge is 0.463 e. The van der Waals surface area contributed by atoms with E-state index in [-0.39, 0.29) is 12.3 Å². The molecule has 166 valence electrons. The third kappa shape index (κ3) is 3.75. The molecule has 9 heteroatoms. The number of nitriles is 1. The summed E-state index contributed by atoms with van der Waals surface area (Å²) in [6.07, 6.45) is 0. The van der Waals surface area contributed by atoms with E-state index >= 15 is 0 Å². The molecule has 0 radical (unpaired) electrons. The van der Waals surface area contributed by atoms with Gasteiger partial charge in [0.25, 0.3) is 11.2 Å². The Morgan fingerprint density at radius 3 is 2.48 bits per heavy atom. The van der Waals surface area contributed by atoms with Gasteiger partial charge in [0.05, 0.1) is 33.7 Å². The Labute approximate surface area is 194 Å². The SMILES string of the molecule is CCOC(=O)[C@@]1(C#N)[C@H](c2ccc(C)cc2)C(c2cccs2)=NN1c1ccc([N+](=O)[O-])cc1. The molecule has 8 nitrogen and oxygen atoms in total. The number of nitro benzene ring substituents is 1. The topological polar surface area (TPSA) is 109 Å². The molecule has 4 rings (SSSR count). The van der Waals surface area contributed by atoms with Crippen LogP contribution < -0.4 is 5.01 Å². The molecular formula is C24H20N4O4S. The minimum atomic E-state index is -1.83. The summed E-state index contributed by atoms with van der Waals surface area (Å²) >= 11 is 1.45. The first-order valence-electron chi connectivity index (χ1n) is 10.2. The second-order valence-corrected chi connectivity index (χ2v) is 8.44. The number of ether oxygens (including phenoxy) is 1. The molecule has 2 heterocycles. The van der Waals surface area contributed by atoms with Gasteiger partial charge in [0.2, 0.25) is 0 Å². The minimum Gasteiger partial charge on any atom is -0.463 e. The van der Waals surface area contributed by atoms with Crippen molar-refractivity contribution >= 4 is 34.4 Å². The molecule has 0 spiro atoms. The Morgan fingerprint density at radius 2 is 1.94 bits per heavy atom.